The van der Waals surface area contributed by atoms with Crippen LogP contribution in [-0.4, -0.2) is 16.7 Å². The summed E-state index contributed by atoms with van der Waals surface area (Å²) >= 11 is 0. The van der Waals surface area contributed by atoms with E-state index in [-0.39, 0.29) is 11.6 Å². The first-order valence-corrected chi connectivity index (χ1v) is 5.61. The highest BCUT2D eigenvalue weighted by Crippen LogP contribution is 2.20. The second-order valence-electron chi connectivity index (χ2n) is 5.30. The Kier molecular flexibility index (Phi) is 4.22. The standard InChI is InChI=1S/C13H19F2NO/c1-8(16-13(2,3)4)12(17)9-5-6-10(14)11(15)7-9/h5-8,12,16-17H,1-4H3. The molecular formula is C13H19F2NO. The second-order valence-corrected chi connectivity index (χ2v) is 5.30. The summed E-state index contributed by atoms with van der Waals surface area (Å²) in [5.74, 6) is -1.85. The molecule has 0 aliphatic rings. The van der Waals surface area contributed by atoms with E-state index in [1.807, 2.05) is 20.8 Å². The average Bonchev–Trinajstić information content (AvgIpc) is 2.18. The fourth-order valence-electron chi connectivity index (χ4n) is 1.75. The van der Waals surface area contributed by atoms with E-state index in [1.165, 1.54) is 6.07 Å². The van der Waals surface area contributed by atoms with Crippen LogP contribution in [-0.2, 0) is 0 Å². The van der Waals surface area contributed by atoms with Crippen molar-refractivity contribution in [3.8, 4) is 0 Å². The number of halogens is 2. The predicted octanol–water partition coefficient (Wildman–Crippen LogP) is 2.77. The third kappa shape index (κ3) is 4.06. The third-order valence-corrected chi connectivity index (χ3v) is 2.42. The van der Waals surface area contributed by atoms with E-state index in [0.717, 1.165) is 12.1 Å². The summed E-state index contributed by atoms with van der Waals surface area (Å²) in [6.45, 7) is 7.72. The third-order valence-electron chi connectivity index (χ3n) is 2.42. The van der Waals surface area contributed by atoms with E-state index < -0.39 is 17.7 Å². The number of rotatable bonds is 3. The van der Waals surface area contributed by atoms with E-state index in [9.17, 15) is 13.9 Å². The maximum Gasteiger partial charge on any atom is 0.159 e. The molecule has 0 aliphatic heterocycles. The van der Waals surface area contributed by atoms with Crippen molar-refractivity contribution in [3.63, 3.8) is 0 Å². The van der Waals surface area contributed by atoms with Gasteiger partial charge < -0.3 is 10.4 Å². The maximum absolute atomic E-state index is 13.0. The largest absolute Gasteiger partial charge is 0.387 e. The molecule has 0 saturated carbocycles. The van der Waals surface area contributed by atoms with Crippen molar-refractivity contribution in [2.75, 3.05) is 0 Å². The van der Waals surface area contributed by atoms with Gasteiger partial charge in [0.25, 0.3) is 0 Å². The lowest BCUT2D eigenvalue weighted by Gasteiger charge is -2.29. The van der Waals surface area contributed by atoms with Gasteiger partial charge in [0, 0.05) is 11.6 Å². The van der Waals surface area contributed by atoms with Crippen LogP contribution < -0.4 is 5.32 Å². The molecule has 2 nitrogen and oxygen atoms in total. The lowest BCUT2D eigenvalue weighted by molar-refractivity contribution is 0.121. The van der Waals surface area contributed by atoms with Gasteiger partial charge >= 0.3 is 0 Å². The van der Waals surface area contributed by atoms with Crippen LogP contribution in [0, 0.1) is 11.6 Å². The first-order valence-electron chi connectivity index (χ1n) is 5.61. The van der Waals surface area contributed by atoms with Crippen molar-refractivity contribution >= 4 is 0 Å². The molecule has 0 heterocycles. The summed E-state index contributed by atoms with van der Waals surface area (Å²) in [4.78, 5) is 0. The number of aliphatic hydroxyl groups is 1. The predicted molar refractivity (Wildman–Crippen MR) is 63.7 cm³/mol. The Balaban J connectivity index is 2.81. The molecule has 0 bridgehead atoms. The Morgan fingerprint density at radius 2 is 1.76 bits per heavy atom. The van der Waals surface area contributed by atoms with Gasteiger partial charge in [-0.05, 0) is 45.4 Å². The van der Waals surface area contributed by atoms with Gasteiger partial charge in [0.1, 0.15) is 0 Å². The zero-order chi connectivity index (χ0) is 13.2. The SMILES string of the molecule is CC(NC(C)(C)C)C(O)c1ccc(F)c(F)c1. The summed E-state index contributed by atoms with van der Waals surface area (Å²) in [6.07, 6.45) is -0.871. The van der Waals surface area contributed by atoms with Crippen LogP contribution in [0.1, 0.15) is 39.4 Å². The first-order chi connectivity index (χ1) is 7.70. The Morgan fingerprint density at radius 1 is 1.18 bits per heavy atom. The second kappa shape index (κ2) is 5.10. The Morgan fingerprint density at radius 3 is 2.24 bits per heavy atom. The van der Waals surface area contributed by atoms with Crippen molar-refractivity contribution in [2.45, 2.75) is 45.4 Å². The quantitative estimate of drug-likeness (QED) is 0.855. The van der Waals surface area contributed by atoms with Crippen molar-refractivity contribution in [2.24, 2.45) is 0 Å². The lowest BCUT2D eigenvalue weighted by Crippen LogP contribution is -2.45. The van der Waals surface area contributed by atoms with E-state index >= 15 is 0 Å². The summed E-state index contributed by atoms with van der Waals surface area (Å²) < 4.78 is 25.8. The normalized spacial score (nSPS) is 15.7. The molecule has 0 aliphatic carbocycles. The van der Waals surface area contributed by atoms with E-state index in [2.05, 4.69) is 5.32 Å². The van der Waals surface area contributed by atoms with Crippen LogP contribution in [0.3, 0.4) is 0 Å². The molecule has 0 amide bonds. The van der Waals surface area contributed by atoms with Gasteiger partial charge in [0.2, 0.25) is 0 Å². The molecular weight excluding hydrogens is 224 g/mol. The Bertz CT molecular complexity index is 387. The minimum absolute atomic E-state index is 0.154. The molecule has 4 heteroatoms. The molecule has 0 aromatic heterocycles. The van der Waals surface area contributed by atoms with Crippen molar-refractivity contribution in [1.82, 2.24) is 5.32 Å². The fourth-order valence-corrected chi connectivity index (χ4v) is 1.75. The number of benzene rings is 1. The zero-order valence-electron chi connectivity index (χ0n) is 10.6. The molecule has 0 saturated heterocycles. The van der Waals surface area contributed by atoms with Gasteiger partial charge in [-0.3, -0.25) is 0 Å². The van der Waals surface area contributed by atoms with Crippen molar-refractivity contribution in [1.29, 1.82) is 0 Å². The number of hydrogen-bond donors (Lipinski definition) is 2. The topological polar surface area (TPSA) is 32.3 Å². The number of aliphatic hydroxyl groups excluding tert-OH is 1. The fraction of sp³-hybridized carbons (Fsp3) is 0.538. The molecule has 0 spiro atoms. The Hall–Kier alpha value is -1.00. The van der Waals surface area contributed by atoms with Gasteiger partial charge in [-0.2, -0.15) is 0 Å². The minimum Gasteiger partial charge on any atom is -0.387 e. The van der Waals surface area contributed by atoms with Crippen LogP contribution in [0.15, 0.2) is 18.2 Å². The number of hydrogen-bond acceptors (Lipinski definition) is 2. The highest BCUT2D eigenvalue weighted by atomic mass is 19.2. The summed E-state index contributed by atoms with van der Waals surface area (Å²) in [6, 6.07) is 3.20. The molecule has 0 fully saturated rings. The monoisotopic (exact) mass is 243 g/mol. The molecule has 0 radical (unpaired) electrons. The van der Waals surface area contributed by atoms with Crippen molar-refractivity contribution < 1.29 is 13.9 Å². The first kappa shape index (κ1) is 14.1. The highest BCUT2D eigenvalue weighted by Gasteiger charge is 2.22. The van der Waals surface area contributed by atoms with Crippen LogP contribution in [0.4, 0.5) is 8.78 Å². The number of nitrogens with one attached hydrogen (secondary N) is 1. The molecule has 2 unspecified atom stereocenters. The van der Waals surface area contributed by atoms with E-state index in [1.54, 1.807) is 6.92 Å². The zero-order valence-corrected chi connectivity index (χ0v) is 10.6. The molecule has 2 N–H and O–H groups in total. The summed E-state index contributed by atoms with van der Waals surface area (Å²) in [5, 5.41) is 13.2. The van der Waals surface area contributed by atoms with Crippen molar-refractivity contribution in [3.05, 3.63) is 35.4 Å². The molecule has 17 heavy (non-hydrogen) atoms. The van der Waals surface area contributed by atoms with Crippen LogP contribution >= 0.6 is 0 Å². The minimum atomic E-state index is -0.940. The lowest BCUT2D eigenvalue weighted by atomic mass is 10.00. The molecule has 2 atom stereocenters. The van der Waals surface area contributed by atoms with Crippen LogP contribution in [0.5, 0.6) is 0 Å². The van der Waals surface area contributed by atoms with E-state index in [0.29, 0.717) is 5.56 Å². The van der Waals surface area contributed by atoms with Gasteiger partial charge in [0.15, 0.2) is 11.6 Å². The van der Waals surface area contributed by atoms with Gasteiger partial charge in [-0.25, -0.2) is 8.78 Å². The van der Waals surface area contributed by atoms with Gasteiger partial charge in [0.05, 0.1) is 6.10 Å². The maximum atomic E-state index is 13.0. The average molecular weight is 243 g/mol. The van der Waals surface area contributed by atoms with Gasteiger partial charge in [-0.1, -0.05) is 6.07 Å². The molecule has 96 valence electrons. The van der Waals surface area contributed by atoms with Crippen LogP contribution in [0.25, 0.3) is 0 Å². The molecule has 1 aromatic carbocycles. The molecule has 1 aromatic rings. The Labute approximate surface area is 101 Å². The summed E-state index contributed by atoms with van der Waals surface area (Å²) in [5.41, 5.74) is 0.215. The van der Waals surface area contributed by atoms with E-state index in [4.69, 9.17) is 0 Å². The summed E-state index contributed by atoms with van der Waals surface area (Å²) in [7, 11) is 0. The van der Waals surface area contributed by atoms with Crippen LogP contribution in [0.2, 0.25) is 0 Å². The highest BCUT2D eigenvalue weighted by molar-refractivity contribution is 5.21. The smallest absolute Gasteiger partial charge is 0.159 e. The van der Waals surface area contributed by atoms with Gasteiger partial charge in [-0.15, -0.1) is 0 Å². The molecule has 1 rings (SSSR count).